The summed E-state index contributed by atoms with van der Waals surface area (Å²) < 4.78 is 5.16. The summed E-state index contributed by atoms with van der Waals surface area (Å²) in [5.74, 6) is 0.460. The second-order valence-corrected chi connectivity index (χ2v) is 4.85. The molecule has 0 saturated carbocycles. The first-order chi connectivity index (χ1) is 8.72. The maximum atomic E-state index is 6.32. The number of ether oxygens (including phenoxy) is 1. The van der Waals surface area contributed by atoms with Gasteiger partial charge in [-0.05, 0) is 29.4 Å². The normalized spacial score (nSPS) is 14.6. The molecule has 3 nitrogen and oxygen atoms in total. The molecular formula is C15H20N2O. The standard InChI is InChI=1S/C15H20N2O/c1-11(10-18-2)8-15(16)14-5-3-4-12-9-17-7-6-13(12)14/h3-7,9,11,15H,8,10,16H2,1-2H3. The minimum Gasteiger partial charge on any atom is -0.384 e. The van der Waals surface area contributed by atoms with Gasteiger partial charge in [-0.25, -0.2) is 0 Å². The maximum absolute atomic E-state index is 6.32. The quantitative estimate of drug-likeness (QED) is 0.879. The van der Waals surface area contributed by atoms with Gasteiger partial charge in [-0.15, -0.1) is 0 Å². The van der Waals surface area contributed by atoms with Gasteiger partial charge in [-0.1, -0.05) is 25.1 Å². The zero-order valence-electron chi connectivity index (χ0n) is 11.0. The molecule has 0 aliphatic carbocycles. The average molecular weight is 244 g/mol. The minimum atomic E-state index is 0.0428. The molecule has 18 heavy (non-hydrogen) atoms. The van der Waals surface area contributed by atoms with E-state index in [1.54, 1.807) is 7.11 Å². The summed E-state index contributed by atoms with van der Waals surface area (Å²) >= 11 is 0. The van der Waals surface area contributed by atoms with Gasteiger partial charge in [0.2, 0.25) is 0 Å². The van der Waals surface area contributed by atoms with E-state index in [4.69, 9.17) is 10.5 Å². The summed E-state index contributed by atoms with van der Waals surface area (Å²) in [6.45, 7) is 2.91. The molecule has 1 aromatic heterocycles. The number of benzene rings is 1. The van der Waals surface area contributed by atoms with E-state index < -0.39 is 0 Å². The lowest BCUT2D eigenvalue weighted by Crippen LogP contribution is -2.17. The second-order valence-electron chi connectivity index (χ2n) is 4.85. The molecule has 0 bridgehead atoms. The Morgan fingerprint density at radius 2 is 2.17 bits per heavy atom. The number of aromatic nitrogens is 1. The number of nitrogens with zero attached hydrogens (tertiary/aromatic N) is 1. The number of hydrogen-bond acceptors (Lipinski definition) is 3. The lowest BCUT2D eigenvalue weighted by atomic mass is 9.94. The van der Waals surface area contributed by atoms with Crippen LogP contribution in [0.25, 0.3) is 10.8 Å². The average Bonchev–Trinajstić information content (AvgIpc) is 2.38. The fourth-order valence-electron chi connectivity index (χ4n) is 2.38. The Labute approximate surface area is 108 Å². The van der Waals surface area contributed by atoms with Gasteiger partial charge in [0.15, 0.2) is 0 Å². The molecule has 1 heterocycles. The van der Waals surface area contributed by atoms with E-state index in [1.807, 2.05) is 24.5 Å². The Bertz CT molecular complexity index is 507. The van der Waals surface area contributed by atoms with E-state index in [9.17, 15) is 0 Å². The molecule has 0 radical (unpaired) electrons. The van der Waals surface area contributed by atoms with E-state index in [0.717, 1.165) is 18.4 Å². The molecule has 2 atom stereocenters. The largest absolute Gasteiger partial charge is 0.384 e. The molecule has 3 heteroatoms. The van der Waals surface area contributed by atoms with Crippen LogP contribution in [-0.2, 0) is 4.74 Å². The monoisotopic (exact) mass is 244 g/mol. The number of pyridine rings is 1. The van der Waals surface area contributed by atoms with E-state index in [0.29, 0.717) is 5.92 Å². The predicted molar refractivity (Wildman–Crippen MR) is 74.3 cm³/mol. The predicted octanol–water partition coefficient (Wildman–Crippen LogP) is 2.91. The van der Waals surface area contributed by atoms with Gasteiger partial charge in [-0.3, -0.25) is 4.98 Å². The minimum absolute atomic E-state index is 0.0428. The lowest BCUT2D eigenvalue weighted by Gasteiger charge is -2.18. The third-order valence-corrected chi connectivity index (χ3v) is 3.22. The van der Waals surface area contributed by atoms with Crippen molar-refractivity contribution in [2.45, 2.75) is 19.4 Å². The molecule has 0 spiro atoms. The summed E-state index contributed by atoms with van der Waals surface area (Å²) in [4.78, 5) is 4.14. The highest BCUT2D eigenvalue weighted by atomic mass is 16.5. The maximum Gasteiger partial charge on any atom is 0.0488 e. The number of hydrogen-bond donors (Lipinski definition) is 1. The molecule has 0 aliphatic rings. The molecule has 1 aromatic carbocycles. The van der Waals surface area contributed by atoms with Gasteiger partial charge in [-0.2, -0.15) is 0 Å². The highest BCUT2D eigenvalue weighted by molar-refractivity contribution is 5.85. The first kappa shape index (κ1) is 13.0. The van der Waals surface area contributed by atoms with Crippen molar-refractivity contribution in [3.05, 3.63) is 42.2 Å². The van der Waals surface area contributed by atoms with Crippen molar-refractivity contribution in [3.63, 3.8) is 0 Å². The molecule has 0 amide bonds. The summed E-state index contributed by atoms with van der Waals surface area (Å²) in [6, 6.07) is 8.29. The topological polar surface area (TPSA) is 48.1 Å². The Hall–Kier alpha value is -1.45. The van der Waals surface area contributed by atoms with Crippen molar-refractivity contribution in [3.8, 4) is 0 Å². The van der Waals surface area contributed by atoms with E-state index in [2.05, 4.69) is 24.0 Å². The molecule has 0 aliphatic heterocycles. The molecular weight excluding hydrogens is 224 g/mol. The van der Waals surface area contributed by atoms with Gasteiger partial charge >= 0.3 is 0 Å². The number of fused-ring (bicyclic) bond motifs is 1. The van der Waals surface area contributed by atoms with Crippen LogP contribution in [0.4, 0.5) is 0 Å². The van der Waals surface area contributed by atoms with Gasteiger partial charge in [0.1, 0.15) is 0 Å². The van der Waals surface area contributed by atoms with Crippen LogP contribution in [0.3, 0.4) is 0 Å². The molecule has 2 rings (SSSR count). The third-order valence-electron chi connectivity index (χ3n) is 3.22. The van der Waals surface area contributed by atoms with Crippen LogP contribution in [0.2, 0.25) is 0 Å². The summed E-state index contributed by atoms with van der Waals surface area (Å²) in [7, 11) is 1.73. The van der Waals surface area contributed by atoms with Crippen LogP contribution in [0, 0.1) is 5.92 Å². The van der Waals surface area contributed by atoms with Crippen molar-refractivity contribution in [2.75, 3.05) is 13.7 Å². The van der Waals surface area contributed by atoms with Gasteiger partial charge in [0.05, 0.1) is 0 Å². The third kappa shape index (κ3) is 2.86. The fraction of sp³-hybridized carbons (Fsp3) is 0.400. The molecule has 2 aromatic rings. The smallest absolute Gasteiger partial charge is 0.0488 e. The van der Waals surface area contributed by atoms with E-state index in [1.165, 1.54) is 10.9 Å². The van der Waals surface area contributed by atoms with Crippen molar-refractivity contribution in [2.24, 2.45) is 11.7 Å². The zero-order chi connectivity index (χ0) is 13.0. The molecule has 2 unspecified atom stereocenters. The van der Waals surface area contributed by atoms with Crippen LogP contribution in [0.1, 0.15) is 24.9 Å². The van der Waals surface area contributed by atoms with Crippen molar-refractivity contribution in [1.82, 2.24) is 4.98 Å². The molecule has 0 fully saturated rings. The van der Waals surface area contributed by atoms with Gasteiger partial charge < -0.3 is 10.5 Å². The number of methoxy groups -OCH3 is 1. The van der Waals surface area contributed by atoms with Crippen LogP contribution in [0.15, 0.2) is 36.7 Å². The Balaban J connectivity index is 2.24. The van der Waals surface area contributed by atoms with Crippen LogP contribution in [0.5, 0.6) is 0 Å². The highest BCUT2D eigenvalue weighted by Gasteiger charge is 2.13. The SMILES string of the molecule is COCC(C)CC(N)c1cccc2cnccc12. The Morgan fingerprint density at radius 3 is 2.94 bits per heavy atom. The van der Waals surface area contributed by atoms with Gasteiger partial charge in [0.25, 0.3) is 0 Å². The summed E-state index contributed by atoms with van der Waals surface area (Å²) in [5.41, 5.74) is 7.51. The molecule has 2 N–H and O–H groups in total. The molecule has 0 saturated heterocycles. The van der Waals surface area contributed by atoms with Crippen molar-refractivity contribution >= 4 is 10.8 Å². The highest BCUT2D eigenvalue weighted by Crippen LogP contribution is 2.26. The zero-order valence-corrected chi connectivity index (χ0v) is 11.0. The fourth-order valence-corrected chi connectivity index (χ4v) is 2.38. The Kier molecular flexibility index (Phi) is 4.28. The lowest BCUT2D eigenvalue weighted by molar-refractivity contribution is 0.152. The number of nitrogens with two attached hydrogens (primary N) is 1. The van der Waals surface area contributed by atoms with E-state index in [-0.39, 0.29) is 6.04 Å². The van der Waals surface area contributed by atoms with Crippen LogP contribution in [-0.4, -0.2) is 18.7 Å². The van der Waals surface area contributed by atoms with Crippen LogP contribution >= 0.6 is 0 Å². The van der Waals surface area contributed by atoms with E-state index >= 15 is 0 Å². The van der Waals surface area contributed by atoms with Gasteiger partial charge in [0, 0.05) is 37.5 Å². The van der Waals surface area contributed by atoms with Crippen molar-refractivity contribution in [1.29, 1.82) is 0 Å². The summed E-state index contributed by atoms with van der Waals surface area (Å²) in [5, 5.41) is 2.34. The Morgan fingerprint density at radius 1 is 1.33 bits per heavy atom. The van der Waals surface area contributed by atoms with Crippen molar-refractivity contribution < 1.29 is 4.74 Å². The second kappa shape index (κ2) is 5.94. The number of rotatable bonds is 5. The first-order valence-corrected chi connectivity index (χ1v) is 6.29. The molecule has 96 valence electrons. The first-order valence-electron chi connectivity index (χ1n) is 6.29. The van der Waals surface area contributed by atoms with Crippen LogP contribution < -0.4 is 5.73 Å². The summed E-state index contributed by atoms with van der Waals surface area (Å²) in [6.07, 6.45) is 4.62.